The molecule has 1 aromatic carbocycles. The molecule has 18 heavy (non-hydrogen) atoms. The van der Waals surface area contributed by atoms with Crippen LogP contribution >= 0.6 is 11.6 Å². The lowest BCUT2D eigenvalue weighted by molar-refractivity contribution is 0.137. The average Bonchev–Trinajstić information content (AvgIpc) is 2.21. The van der Waals surface area contributed by atoms with Crippen molar-refractivity contribution in [2.75, 3.05) is 0 Å². The fraction of sp³-hybridized carbons (Fsp3) is 0.571. The molecule has 0 aliphatic heterocycles. The second-order valence-electron chi connectivity index (χ2n) is 5.27. The summed E-state index contributed by atoms with van der Waals surface area (Å²) < 4.78 is 26.8. The van der Waals surface area contributed by atoms with E-state index in [-0.39, 0.29) is 16.5 Å². The minimum absolute atomic E-state index is 0.0208. The summed E-state index contributed by atoms with van der Waals surface area (Å²) >= 11 is 5.47. The maximum Gasteiger partial charge on any atom is 0.142 e. The number of aliphatic hydroxyl groups excluding tert-OH is 1. The van der Waals surface area contributed by atoms with Crippen LogP contribution in [0.5, 0.6) is 0 Å². The quantitative estimate of drug-likeness (QED) is 0.771. The largest absolute Gasteiger partial charge is 0.388 e. The van der Waals surface area contributed by atoms with Gasteiger partial charge < -0.3 is 5.11 Å². The smallest absolute Gasteiger partial charge is 0.142 e. The lowest BCUT2D eigenvalue weighted by Crippen LogP contribution is -2.09. The molecule has 2 atom stereocenters. The zero-order chi connectivity index (χ0) is 13.9. The van der Waals surface area contributed by atoms with E-state index < -0.39 is 17.7 Å². The number of aliphatic hydroxyl groups is 1. The van der Waals surface area contributed by atoms with Crippen molar-refractivity contribution in [1.82, 2.24) is 0 Å². The van der Waals surface area contributed by atoms with Crippen molar-refractivity contribution >= 4 is 11.6 Å². The summed E-state index contributed by atoms with van der Waals surface area (Å²) in [6.07, 6.45) is 0.357. The molecule has 0 spiro atoms. The number of halogens is 3. The van der Waals surface area contributed by atoms with Crippen LogP contribution in [0.3, 0.4) is 0 Å². The van der Waals surface area contributed by atoms with Crippen LogP contribution in [0, 0.1) is 23.5 Å². The summed E-state index contributed by atoms with van der Waals surface area (Å²) in [6.45, 7) is 6.17. The van der Waals surface area contributed by atoms with E-state index in [1.54, 1.807) is 0 Å². The zero-order valence-electron chi connectivity index (χ0n) is 10.9. The molecule has 1 aromatic rings. The molecule has 0 saturated heterocycles. The molecule has 0 fully saturated rings. The first-order chi connectivity index (χ1) is 8.31. The molecule has 102 valence electrons. The lowest BCUT2D eigenvalue weighted by atomic mass is 9.91. The topological polar surface area (TPSA) is 20.2 Å². The van der Waals surface area contributed by atoms with Crippen molar-refractivity contribution in [2.45, 2.75) is 39.7 Å². The van der Waals surface area contributed by atoms with E-state index in [9.17, 15) is 13.9 Å². The van der Waals surface area contributed by atoms with E-state index in [0.717, 1.165) is 18.6 Å². The van der Waals surface area contributed by atoms with Gasteiger partial charge in [0, 0.05) is 5.56 Å². The zero-order valence-corrected chi connectivity index (χ0v) is 11.6. The molecule has 0 radical (unpaired) electrons. The van der Waals surface area contributed by atoms with E-state index in [2.05, 4.69) is 13.8 Å². The van der Waals surface area contributed by atoms with Crippen molar-refractivity contribution < 1.29 is 13.9 Å². The Kier molecular flexibility index (Phi) is 5.54. The van der Waals surface area contributed by atoms with Gasteiger partial charge in [-0.25, -0.2) is 8.78 Å². The lowest BCUT2D eigenvalue weighted by Gasteiger charge is -2.19. The van der Waals surface area contributed by atoms with Crippen molar-refractivity contribution in [3.05, 3.63) is 34.4 Å². The van der Waals surface area contributed by atoms with Gasteiger partial charge in [0.2, 0.25) is 0 Å². The van der Waals surface area contributed by atoms with Crippen molar-refractivity contribution in [2.24, 2.45) is 11.8 Å². The van der Waals surface area contributed by atoms with E-state index >= 15 is 0 Å². The fourth-order valence-corrected chi connectivity index (χ4v) is 2.35. The van der Waals surface area contributed by atoms with Crippen molar-refractivity contribution in [1.29, 1.82) is 0 Å². The highest BCUT2D eigenvalue weighted by atomic mass is 35.5. The van der Waals surface area contributed by atoms with E-state index in [1.165, 1.54) is 0 Å². The molecule has 1 nitrogen and oxygen atoms in total. The molecule has 0 aliphatic carbocycles. The highest BCUT2D eigenvalue weighted by molar-refractivity contribution is 6.30. The van der Waals surface area contributed by atoms with Crippen LogP contribution in [0.25, 0.3) is 0 Å². The minimum Gasteiger partial charge on any atom is -0.388 e. The van der Waals surface area contributed by atoms with Crippen LogP contribution in [-0.2, 0) is 0 Å². The van der Waals surface area contributed by atoms with Gasteiger partial charge in [-0.2, -0.15) is 0 Å². The number of hydrogen-bond donors (Lipinski definition) is 1. The summed E-state index contributed by atoms with van der Waals surface area (Å²) in [5.41, 5.74) is -0.0208. The van der Waals surface area contributed by atoms with Gasteiger partial charge in [-0.3, -0.25) is 0 Å². The third-order valence-electron chi connectivity index (χ3n) is 2.90. The molecular formula is C14H19ClF2O. The molecular weight excluding hydrogens is 258 g/mol. The Morgan fingerprint density at radius 2 is 1.72 bits per heavy atom. The molecule has 1 rings (SSSR count). The summed E-state index contributed by atoms with van der Waals surface area (Å²) in [7, 11) is 0. The predicted molar refractivity (Wildman–Crippen MR) is 69.6 cm³/mol. The Morgan fingerprint density at radius 3 is 2.28 bits per heavy atom. The van der Waals surface area contributed by atoms with E-state index in [1.807, 2.05) is 6.92 Å². The van der Waals surface area contributed by atoms with E-state index in [0.29, 0.717) is 12.3 Å². The van der Waals surface area contributed by atoms with Gasteiger partial charge in [-0.1, -0.05) is 32.4 Å². The number of benzene rings is 1. The summed E-state index contributed by atoms with van der Waals surface area (Å²) in [5, 5.41) is 9.69. The summed E-state index contributed by atoms with van der Waals surface area (Å²) in [6, 6.07) is 1.88. The van der Waals surface area contributed by atoms with Gasteiger partial charge in [0.25, 0.3) is 0 Å². The highest BCUT2D eigenvalue weighted by Gasteiger charge is 2.19. The first-order valence-electron chi connectivity index (χ1n) is 6.13. The highest BCUT2D eigenvalue weighted by Crippen LogP contribution is 2.29. The first-order valence-corrected chi connectivity index (χ1v) is 6.51. The molecule has 1 N–H and O–H groups in total. The molecule has 2 unspecified atom stereocenters. The maximum atomic E-state index is 13.6. The second kappa shape index (κ2) is 6.48. The Balaban J connectivity index is 2.78. The van der Waals surface area contributed by atoms with E-state index in [4.69, 9.17) is 11.6 Å². The van der Waals surface area contributed by atoms with Crippen LogP contribution in [0.15, 0.2) is 12.1 Å². The van der Waals surface area contributed by atoms with Gasteiger partial charge in [-0.05, 0) is 36.8 Å². The number of hydrogen-bond acceptors (Lipinski definition) is 1. The molecule has 0 amide bonds. The molecule has 0 saturated carbocycles. The van der Waals surface area contributed by atoms with Crippen LogP contribution in [0.1, 0.15) is 45.3 Å². The minimum atomic E-state index is -0.995. The number of rotatable bonds is 5. The first kappa shape index (κ1) is 15.4. The average molecular weight is 277 g/mol. The fourth-order valence-electron chi connectivity index (χ4n) is 2.20. The summed E-state index contributed by atoms with van der Waals surface area (Å²) in [4.78, 5) is 0. The van der Waals surface area contributed by atoms with Crippen LogP contribution in [0.4, 0.5) is 8.78 Å². The second-order valence-corrected chi connectivity index (χ2v) is 5.68. The molecule has 0 aromatic heterocycles. The summed E-state index contributed by atoms with van der Waals surface area (Å²) in [5.74, 6) is -0.605. The predicted octanol–water partition coefficient (Wildman–Crippen LogP) is 4.72. The van der Waals surface area contributed by atoms with Gasteiger partial charge >= 0.3 is 0 Å². The Bertz CT molecular complexity index is 407. The Hall–Kier alpha value is -0.670. The molecule has 0 heterocycles. The van der Waals surface area contributed by atoms with Crippen molar-refractivity contribution in [3.63, 3.8) is 0 Å². The third-order valence-corrected chi connectivity index (χ3v) is 3.19. The van der Waals surface area contributed by atoms with Gasteiger partial charge in [-0.15, -0.1) is 0 Å². The van der Waals surface area contributed by atoms with Gasteiger partial charge in [0.15, 0.2) is 0 Å². The molecule has 0 aliphatic rings. The molecule has 4 heteroatoms. The van der Waals surface area contributed by atoms with Crippen molar-refractivity contribution in [3.8, 4) is 0 Å². The van der Waals surface area contributed by atoms with Crippen LogP contribution in [0.2, 0.25) is 5.02 Å². The Labute approximate surface area is 112 Å². The third kappa shape index (κ3) is 4.21. The van der Waals surface area contributed by atoms with Gasteiger partial charge in [0.1, 0.15) is 11.6 Å². The van der Waals surface area contributed by atoms with Gasteiger partial charge in [0.05, 0.1) is 11.1 Å². The Morgan fingerprint density at radius 1 is 1.11 bits per heavy atom. The van der Waals surface area contributed by atoms with Crippen LogP contribution in [-0.4, -0.2) is 5.11 Å². The normalized spacial score (nSPS) is 14.9. The monoisotopic (exact) mass is 276 g/mol. The molecule has 0 bridgehead atoms. The van der Waals surface area contributed by atoms with Crippen LogP contribution < -0.4 is 0 Å². The maximum absolute atomic E-state index is 13.6. The standard InChI is InChI=1S/C14H19ClF2O/c1-8(2)4-9(3)5-14(18)10-6-13(17)11(15)7-12(10)16/h6-9,14,18H,4-5H2,1-3H3. The SMILES string of the molecule is CC(C)CC(C)CC(O)c1cc(F)c(Cl)cc1F.